The van der Waals surface area contributed by atoms with Gasteiger partial charge in [-0.05, 0) is 30.7 Å². The van der Waals surface area contributed by atoms with Crippen molar-refractivity contribution in [2.45, 2.75) is 24.3 Å². The highest BCUT2D eigenvalue weighted by atomic mass is 79.9. The van der Waals surface area contributed by atoms with Crippen LogP contribution in [0.4, 0.5) is 0 Å². The summed E-state index contributed by atoms with van der Waals surface area (Å²) in [6, 6.07) is 5.26. The Kier molecular flexibility index (Phi) is 3.70. The van der Waals surface area contributed by atoms with Crippen molar-refractivity contribution in [1.82, 2.24) is 14.5 Å². The van der Waals surface area contributed by atoms with Crippen LogP contribution < -0.4 is 5.76 Å². The number of halogens is 1. The van der Waals surface area contributed by atoms with Gasteiger partial charge in [-0.15, -0.1) is 15.9 Å². The minimum atomic E-state index is -3.02. The fourth-order valence-corrected chi connectivity index (χ4v) is 4.82. The average Bonchev–Trinajstić information content (AvgIpc) is 2.90. The average molecular weight is 376 g/mol. The van der Waals surface area contributed by atoms with E-state index in [0.29, 0.717) is 17.9 Å². The van der Waals surface area contributed by atoms with Gasteiger partial charge in [0.25, 0.3) is 0 Å². The first-order valence-corrected chi connectivity index (χ1v) is 8.58. The second-order valence-corrected chi connectivity index (χ2v) is 7.64. The predicted octanol–water partition coefficient (Wildman–Crippen LogP) is 2.77. The lowest BCUT2D eigenvalue weighted by atomic mass is 10.1. The van der Waals surface area contributed by atoms with Crippen molar-refractivity contribution in [3.05, 3.63) is 44.7 Å². The number of fused-ring (bicyclic) bond motifs is 1. The summed E-state index contributed by atoms with van der Waals surface area (Å²) in [6.45, 7) is 2.23. The molecule has 0 saturated heterocycles. The molecule has 1 unspecified atom stereocenters. The van der Waals surface area contributed by atoms with Gasteiger partial charge in [-0.25, -0.2) is 9.89 Å². The zero-order valence-corrected chi connectivity index (χ0v) is 13.5. The van der Waals surface area contributed by atoms with E-state index in [4.69, 9.17) is 4.42 Å². The van der Waals surface area contributed by atoms with Crippen molar-refractivity contribution in [2.24, 2.45) is 0 Å². The lowest BCUT2D eigenvalue weighted by molar-refractivity contribution is 0.309. The maximum atomic E-state index is 10.9. The summed E-state index contributed by atoms with van der Waals surface area (Å²) in [6.07, 6.45) is 0.314. The number of rotatable bonds is 3. The summed E-state index contributed by atoms with van der Waals surface area (Å²) in [5.41, 5.74) is 0.882. The van der Waals surface area contributed by atoms with Crippen molar-refractivity contribution in [3.63, 3.8) is 0 Å². The molecule has 0 spiro atoms. The van der Waals surface area contributed by atoms with Crippen LogP contribution >= 0.6 is 26.7 Å². The number of aromatic amines is 1. The predicted molar refractivity (Wildman–Crippen MR) is 81.2 cm³/mol. The van der Waals surface area contributed by atoms with Crippen molar-refractivity contribution in [1.29, 1.82) is 0 Å². The third-order valence-electron chi connectivity index (χ3n) is 3.50. The topological polar surface area (TPSA) is 103 Å². The van der Waals surface area contributed by atoms with Gasteiger partial charge in [0.2, 0.25) is 5.89 Å². The summed E-state index contributed by atoms with van der Waals surface area (Å²) in [4.78, 5) is 11.4. The first kappa shape index (κ1) is 14.8. The van der Waals surface area contributed by atoms with Gasteiger partial charge in [-0.3, -0.25) is 9.11 Å². The Balaban J connectivity index is 1.85. The third kappa shape index (κ3) is 2.55. The number of hydrogen-bond acceptors (Lipinski definition) is 6. The third-order valence-corrected chi connectivity index (χ3v) is 6.11. The van der Waals surface area contributed by atoms with Crippen molar-refractivity contribution in [2.75, 3.05) is 6.54 Å². The van der Waals surface area contributed by atoms with E-state index in [-0.39, 0.29) is 11.9 Å². The number of benzene rings is 1. The normalized spacial score (nSPS) is 22.2. The molecule has 21 heavy (non-hydrogen) atoms. The van der Waals surface area contributed by atoms with Gasteiger partial charge in [0.1, 0.15) is 0 Å². The van der Waals surface area contributed by atoms with Crippen LogP contribution in [0.5, 0.6) is 0 Å². The lowest BCUT2D eigenvalue weighted by Gasteiger charge is -2.38. The summed E-state index contributed by atoms with van der Waals surface area (Å²) < 4.78 is 28.3. The smallest absolute Gasteiger partial charge is 0.392 e. The van der Waals surface area contributed by atoms with E-state index < -0.39 is 16.5 Å². The minimum absolute atomic E-state index is 0.145. The summed E-state index contributed by atoms with van der Waals surface area (Å²) >= 11 is 3.39. The number of aromatic nitrogens is 2. The molecule has 0 bridgehead atoms. The van der Waals surface area contributed by atoms with Gasteiger partial charge in [-0.1, -0.05) is 15.9 Å². The van der Waals surface area contributed by atoms with E-state index in [1.54, 1.807) is 16.4 Å². The van der Waals surface area contributed by atoms with Gasteiger partial charge in [0.05, 0.1) is 10.9 Å². The molecule has 1 aliphatic heterocycles. The van der Waals surface area contributed by atoms with Crippen LogP contribution in [0.15, 0.2) is 36.8 Å². The Morgan fingerprint density at radius 3 is 2.95 bits per heavy atom. The number of H-pyrrole nitrogens is 1. The Morgan fingerprint density at radius 1 is 1.52 bits per heavy atom. The van der Waals surface area contributed by atoms with Crippen LogP contribution in [0.25, 0.3) is 0 Å². The maximum absolute atomic E-state index is 10.9. The fraction of sp³-hybridized carbons (Fsp3) is 0.333. The van der Waals surface area contributed by atoms with Gasteiger partial charge in [0.15, 0.2) is 0 Å². The zero-order chi connectivity index (χ0) is 15.2. The number of nitrogens with zero attached hydrogens (tertiary/aromatic N) is 2. The largest absolute Gasteiger partial charge is 0.434 e. The van der Waals surface area contributed by atoms with Crippen molar-refractivity contribution >= 4 is 26.7 Å². The molecular weight excluding hydrogens is 362 g/mol. The molecule has 9 heteroatoms. The number of hydrogen-bond donors (Lipinski definition) is 3. The van der Waals surface area contributed by atoms with Gasteiger partial charge in [0, 0.05) is 17.4 Å². The van der Waals surface area contributed by atoms with Gasteiger partial charge in [-0.2, -0.15) is 4.31 Å². The molecule has 3 rings (SSSR count). The van der Waals surface area contributed by atoms with Crippen molar-refractivity contribution in [3.8, 4) is 0 Å². The second kappa shape index (κ2) is 5.25. The lowest BCUT2D eigenvalue weighted by Crippen LogP contribution is -2.26. The van der Waals surface area contributed by atoms with E-state index in [2.05, 4.69) is 26.1 Å². The molecule has 0 radical (unpaired) electrons. The molecule has 0 saturated carbocycles. The Bertz CT molecular complexity index is 729. The Morgan fingerprint density at radius 2 is 2.29 bits per heavy atom. The first-order valence-electron chi connectivity index (χ1n) is 6.28. The Labute approximate surface area is 130 Å². The molecule has 0 amide bonds. The van der Waals surface area contributed by atoms with E-state index in [1.165, 1.54) is 0 Å². The first-order chi connectivity index (χ1) is 9.89. The summed E-state index contributed by atoms with van der Waals surface area (Å²) in [5, 5.41) is 5.91. The van der Waals surface area contributed by atoms with E-state index in [9.17, 15) is 13.9 Å². The molecule has 1 aliphatic rings. The summed E-state index contributed by atoms with van der Waals surface area (Å²) in [7, 11) is -3.02. The molecule has 7 nitrogen and oxygen atoms in total. The zero-order valence-electron chi connectivity index (χ0n) is 11.1. The van der Waals surface area contributed by atoms with Crippen LogP contribution in [0.1, 0.15) is 24.4 Å². The van der Waals surface area contributed by atoms with Crippen LogP contribution in [0.3, 0.4) is 0 Å². The van der Waals surface area contributed by atoms with E-state index in [0.717, 1.165) is 10.0 Å². The highest BCUT2D eigenvalue weighted by molar-refractivity contribution is 9.10. The molecule has 1 aromatic carbocycles. The molecule has 3 N–H and O–H groups in total. The van der Waals surface area contributed by atoms with Gasteiger partial charge >= 0.3 is 5.76 Å². The molecular formula is C12H14BrN3O4S. The Hall–Kier alpha value is -1.13. The van der Waals surface area contributed by atoms with Crippen LogP contribution in [0, 0.1) is 0 Å². The quantitative estimate of drug-likeness (QED) is 0.761. The second-order valence-electron chi connectivity index (χ2n) is 4.77. The highest BCUT2D eigenvalue weighted by Crippen LogP contribution is 2.63. The SMILES string of the molecule is CC1c2cc(Br)ccc2S(O)(O)N1CCc1n[nH]c(=O)o1. The molecule has 2 aromatic rings. The van der Waals surface area contributed by atoms with E-state index >= 15 is 0 Å². The molecule has 114 valence electrons. The maximum Gasteiger partial charge on any atom is 0.434 e. The number of nitrogens with one attached hydrogen (secondary N) is 1. The molecule has 1 aromatic heterocycles. The molecule has 0 aliphatic carbocycles. The fourth-order valence-electron chi connectivity index (χ4n) is 2.49. The van der Waals surface area contributed by atoms with Crippen molar-refractivity contribution < 1.29 is 13.5 Å². The van der Waals surface area contributed by atoms with E-state index in [1.807, 2.05) is 13.0 Å². The molecule has 1 atom stereocenters. The highest BCUT2D eigenvalue weighted by Gasteiger charge is 2.40. The van der Waals surface area contributed by atoms with Gasteiger partial charge < -0.3 is 4.42 Å². The monoisotopic (exact) mass is 375 g/mol. The van der Waals surface area contributed by atoms with Crippen LogP contribution in [0.2, 0.25) is 0 Å². The molecule has 0 fully saturated rings. The summed E-state index contributed by atoms with van der Waals surface area (Å²) in [5.74, 6) is -0.363. The van der Waals surface area contributed by atoms with Crippen LogP contribution in [-0.4, -0.2) is 30.2 Å². The minimum Gasteiger partial charge on any atom is -0.392 e. The molecule has 2 heterocycles. The van der Waals surface area contributed by atoms with Crippen LogP contribution in [-0.2, 0) is 6.42 Å². The standard InChI is InChI=1S/C12H14BrN3O4S/c1-7-9-6-8(13)2-3-10(9)21(18,19)16(7)5-4-11-14-15-12(17)20-11/h2-3,6-7,18-19H,4-5H2,1H3,(H,15,17).